The van der Waals surface area contributed by atoms with Gasteiger partial charge in [0.1, 0.15) is 0 Å². The highest BCUT2D eigenvalue weighted by Crippen LogP contribution is 2.28. The zero-order chi connectivity index (χ0) is 17.2. The summed E-state index contributed by atoms with van der Waals surface area (Å²) in [6, 6.07) is 8.51. The second-order valence-electron chi connectivity index (χ2n) is 7.24. The number of aromatic nitrogens is 1. The summed E-state index contributed by atoms with van der Waals surface area (Å²) in [5.74, 6) is 0.847. The van der Waals surface area contributed by atoms with E-state index < -0.39 is 0 Å². The Morgan fingerprint density at radius 3 is 2.68 bits per heavy atom. The molecule has 0 radical (unpaired) electrons. The largest absolute Gasteiger partial charge is 0.348 e. The van der Waals surface area contributed by atoms with Gasteiger partial charge in [-0.3, -0.25) is 4.79 Å². The fourth-order valence-corrected chi connectivity index (χ4v) is 4.76. The van der Waals surface area contributed by atoms with Gasteiger partial charge in [-0.1, -0.05) is 24.3 Å². The molecule has 0 saturated carbocycles. The topological polar surface area (TPSA) is 36.4 Å². The van der Waals surface area contributed by atoms with E-state index in [1.807, 2.05) is 6.92 Å². The average Bonchev–Trinajstić information content (AvgIpc) is 3.08. The number of nitrogens with zero attached hydrogens (tertiary/aromatic N) is 3. The summed E-state index contributed by atoms with van der Waals surface area (Å²) in [7, 11) is 0. The monoisotopic (exact) mass is 355 g/mol. The van der Waals surface area contributed by atoms with Gasteiger partial charge in [0.25, 0.3) is 0 Å². The minimum Gasteiger partial charge on any atom is -0.348 e. The highest BCUT2D eigenvalue weighted by molar-refractivity contribution is 7.13. The molecule has 0 N–H and O–H groups in total. The average molecular weight is 356 g/mol. The number of fused-ring (bicyclic) bond motifs is 1. The summed E-state index contributed by atoms with van der Waals surface area (Å²) < 4.78 is 0. The van der Waals surface area contributed by atoms with E-state index in [1.165, 1.54) is 11.1 Å². The van der Waals surface area contributed by atoms with Crippen LogP contribution < -0.4 is 4.90 Å². The van der Waals surface area contributed by atoms with Crippen molar-refractivity contribution in [3.8, 4) is 0 Å². The zero-order valence-electron chi connectivity index (χ0n) is 14.8. The summed E-state index contributed by atoms with van der Waals surface area (Å²) in [6.07, 6.45) is 3.88. The van der Waals surface area contributed by atoms with Crippen molar-refractivity contribution in [2.24, 2.45) is 5.92 Å². The van der Waals surface area contributed by atoms with E-state index >= 15 is 0 Å². The third-order valence-corrected chi connectivity index (χ3v) is 6.46. The van der Waals surface area contributed by atoms with Gasteiger partial charge in [-0.2, -0.15) is 0 Å². The van der Waals surface area contributed by atoms with Crippen molar-refractivity contribution >= 4 is 22.4 Å². The Labute approximate surface area is 153 Å². The summed E-state index contributed by atoms with van der Waals surface area (Å²) >= 11 is 1.73. The molecule has 0 aliphatic carbocycles. The Bertz CT molecular complexity index is 749. The molecule has 2 aromatic rings. The van der Waals surface area contributed by atoms with Crippen molar-refractivity contribution in [1.29, 1.82) is 0 Å². The number of hydrogen-bond acceptors (Lipinski definition) is 4. The Hall–Kier alpha value is -1.88. The molecule has 4 nitrogen and oxygen atoms in total. The molecule has 2 aliphatic rings. The molecule has 0 bridgehead atoms. The van der Waals surface area contributed by atoms with Crippen LogP contribution in [0.3, 0.4) is 0 Å². The molecule has 1 fully saturated rings. The maximum atomic E-state index is 12.7. The molecule has 1 aromatic heterocycles. The van der Waals surface area contributed by atoms with Crippen LogP contribution in [0.1, 0.15) is 36.1 Å². The Morgan fingerprint density at radius 2 is 1.96 bits per heavy atom. The highest BCUT2D eigenvalue weighted by Gasteiger charge is 2.26. The number of aryl methyl sites for hydroxylation is 1. The SMILES string of the molecule is Cc1csc(N2CCC(CC(=O)N3CCc4ccccc4C3)CC2)n1. The van der Waals surface area contributed by atoms with E-state index in [4.69, 9.17) is 0 Å². The lowest BCUT2D eigenvalue weighted by molar-refractivity contribution is -0.133. The van der Waals surface area contributed by atoms with Gasteiger partial charge in [-0.25, -0.2) is 4.98 Å². The second kappa shape index (κ2) is 7.16. The molecule has 25 heavy (non-hydrogen) atoms. The molecule has 1 saturated heterocycles. The van der Waals surface area contributed by atoms with Crippen molar-refractivity contribution < 1.29 is 4.79 Å². The minimum absolute atomic E-state index is 0.332. The number of anilines is 1. The van der Waals surface area contributed by atoms with Crippen molar-refractivity contribution in [3.05, 3.63) is 46.5 Å². The molecule has 2 aliphatic heterocycles. The number of thiazole rings is 1. The third kappa shape index (κ3) is 3.71. The van der Waals surface area contributed by atoms with Gasteiger partial charge in [0.2, 0.25) is 5.91 Å². The molecule has 4 rings (SSSR count). The molecule has 1 aromatic carbocycles. The van der Waals surface area contributed by atoms with Crippen molar-refractivity contribution in [2.75, 3.05) is 24.5 Å². The van der Waals surface area contributed by atoms with E-state index in [-0.39, 0.29) is 0 Å². The smallest absolute Gasteiger partial charge is 0.223 e. The molecule has 1 amide bonds. The predicted octanol–water partition coefficient (Wildman–Crippen LogP) is 3.64. The maximum absolute atomic E-state index is 12.7. The quantitative estimate of drug-likeness (QED) is 0.843. The predicted molar refractivity (Wildman–Crippen MR) is 102 cm³/mol. The standard InChI is InChI=1S/C20H25N3OS/c1-15-14-25-20(21-15)22-9-6-16(7-10-22)12-19(24)23-11-8-17-4-2-3-5-18(17)13-23/h2-5,14,16H,6-13H2,1H3. The fourth-order valence-electron chi connectivity index (χ4n) is 3.90. The number of carbonyl (C=O) groups excluding carboxylic acids is 1. The van der Waals surface area contributed by atoms with Crippen LogP contribution in [0.5, 0.6) is 0 Å². The van der Waals surface area contributed by atoms with E-state index in [1.54, 1.807) is 11.3 Å². The maximum Gasteiger partial charge on any atom is 0.223 e. The molecular weight excluding hydrogens is 330 g/mol. The van der Waals surface area contributed by atoms with Crippen LogP contribution in [0.2, 0.25) is 0 Å². The molecule has 3 heterocycles. The van der Waals surface area contributed by atoms with Gasteiger partial charge in [-0.05, 0) is 43.2 Å². The summed E-state index contributed by atoms with van der Waals surface area (Å²) in [4.78, 5) is 21.7. The summed E-state index contributed by atoms with van der Waals surface area (Å²) in [6.45, 7) is 5.74. The van der Waals surface area contributed by atoms with Gasteiger partial charge >= 0.3 is 0 Å². The number of carbonyl (C=O) groups is 1. The number of rotatable bonds is 3. The van der Waals surface area contributed by atoms with Crippen molar-refractivity contribution in [3.63, 3.8) is 0 Å². The molecule has 132 valence electrons. The van der Waals surface area contributed by atoms with E-state index in [9.17, 15) is 4.79 Å². The second-order valence-corrected chi connectivity index (χ2v) is 8.08. The van der Waals surface area contributed by atoms with Crippen LogP contribution in [0.25, 0.3) is 0 Å². The van der Waals surface area contributed by atoms with Crippen LogP contribution >= 0.6 is 11.3 Å². The van der Waals surface area contributed by atoms with Gasteiger partial charge < -0.3 is 9.80 Å². The first-order valence-electron chi connectivity index (χ1n) is 9.20. The van der Waals surface area contributed by atoms with Gasteiger partial charge in [0.15, 0.2) is 5.13 Å². The summed E-state index contributed by atoms with van der Waals surface area (Å²) in [5.41, 5.74) is 3.82. The molecule has 5 heteroatoms. The first-order chi connectivity index (χ1) is 12.2. The van der Waals surface area contributed by atoms with Crippen LogP contribution in [0.4, 0.5) is 5.13 Å². The third-order valence-electron chi connectivity index (χ3n) is 5.44. The molecular formula is C20H25N3OS. The fraction of sp³-hybridized carbons (Fsp3) is 0.500. The Kier molecular flexibility index (Phi) is 4.75. The summed E-state index contributed by atoms with van der Waals surface area (Å²) in [5, 5.41) is 3.24. The van der Waals surface area contributed by atoms with E-state index in [0.717, 1.165) is 56.3 Å². The van der Waals surface area contributed by atoms with E-state index in [2.05, 4.69) is 44.4 Å². The van der Waals surface area contributed by atoms with Crippen molar-refractivity contribution in [2.45, 2.75) is 39.2 Å². The van der Waals surface area contributed by atoms with Crippen LogP contribution in [-0.2, 0) is 17.8 Å². The lowest BCUT2D eigenvalue weighted by atomic mass is 9.92. The molecule has 0 unspecified atom stereocenters. The van der Waals surface area contributed by atoms with E-state index in [0.29, 0.717) is 18.2 Å². The first-order valence-corrected chi connectivity index (χ1v) is 10.1. The van der Waals surface area contributed by atoms with Gasteiger partial charge in [-0.15, -0.1) is 11.3 Å². The van der Waals surface area contributed by atoms with Crippen LogP contribution in [-0.4, -0.2) is 35.4 Å². The number of piperidine rings is 1. The Balaban J connectivity index is 1.29. The lowest BCUT2D eigenvalue weighted by Crippen LogP contribution is -2.39. The van der Waals surface area contributed by atoms with Crippen LogP contribution in [0, 0.1) is 12.8 Å². The first kappa shape index (κ1) is 16.6. The highest BCUT2D eigenvalue weighted by atomic mass is 32.1. The zero-order valence-corrected chi connectivity index (χ0v) is 15.6. The normalized spacial score (nSPS) is 18.3. The Morgan fingerprint density at radius 1 is 1.20 bits per heavy atom. The minimum atomic E-state index is 0.332. The van der Waals surface area contributed by atoms with Crippen molar-refractivity contribution in [1.82, 2.24) is 9.88 Å². The van der Waals surface area contributed by atoms with Crippen LogP contribution in [0.15, 0.2) is 29.6 Å². The number of hydrogen-bond donors (Lipinski definition) is 0. The molecule has 0 spiro atoms. The van der Waals surface area contributed by atoms with Gasteiger partial charge in [0.05, 0.1) is 5.69 Å². The number of benzene rings is 1. The lowest BCUT2D eigenvalue weighted by Gasteiger charge is -2.34. The van der Waals surface area contributed by atoms with Gasteiger partial charge in [0, 0.05) is 38.0 Å². The number of amides is 1. The molecule has 0 atom stereocenters.